The molecule has 2 rings (SSSR count). The van der Waals surface area contributed by atoms with Crippen molar-refractivity contribution in [3.05, 3.63) is 41.5 Å². The summed E-state index contributed by atoms with van der Waals surface area (Å²) >= 11 is 3.19. The van der Waals surface area contributed by atoms with Crippen LogP contribution in [-0.4, -0.2) is 16.2 Å². The lowest BCUT2D eigenvalue weighted by atomic mass is 10.2. The van der Waals surface area contributed by atoms with E-state index in [1.807, 2.05) is 12.3 Å². The van der Waals surface area contributed by atoms with Crippen LogP contribution in [0, 0.1) is 6.92 Å². The maximum Gasteiger partial charge on any atom is 0.190 e. The molecule has 0 aliphatic carbocycles. The van der Waals surface area contributed by atoms with Crippen LogP contribution in [0.15, 0.2) is 40.5 Å². The molecule has 4 nitrogen and oxygen atoms in total. The third-order valence-corrected chi connectivity index (χ3v) is 4.01. The third-order valence-electron chi connectivity index (χ3n) is 2.48. The SMILES string of the molecule is CSc1nc(NN)cc(SCc2cccc(C)c2)n1. The van der Waals surface area contributed by atoms with Gasteiger partial charge in [0.15, 0.2) is 5.16 Å². The number of nitrogens with zero attached hydrogens (tertiary/aromatic N) is 2. The Morgan fingerprint density at radius 3 is 2.79 bits per heavy atom. The van der Waals surface area contributed by atoms with Crippen molar-refractivity contribution in [2.45, 2.75) is 22.9 Å². The molecule has 0 aliphatic rings. The molecule has 1 aromatic carbocycles. The summed E-state index contributed by atoms with van der Waals surface area (Å²) in [6.07, 6.45) is 1.95. The van der Waals surface area contributed by atoms with Crippen LogP contribution in [0.4, 0.5) is 5.82 Å². The van der Waals surface area contributed by atoms with Gasteiger partial charge in [0.1, 0.15) is 10.8 Å². The van der Waals surface area contributed by atoms with E-state index < -0.39 is 0 Å². The molecule has 0 unspecified atom stereocenters. The molecule has 2 aromatic rings. The second kappa shape index (κ2) is 6.79. The molecule has 0 radical (unpaired) electrons. The number of hydrazine groups is 1. The molecule has 6 heteroatoms. The van der Waals surface area contributed by atoms with Gasteiger partial charge in [0.2, 0.25) is 0 Å². The Hall–Kier alpha value is -1.24. The molecular weight excluding hydrogens is 276 g/mol. The average molecular weight is 292 g/mol. The minimum atomic E-state index is 0.645. The van der Waals surface area contributed by atoms with Crippen molar-refractivity contribution in [3.8, 4) is 0 Å². The maximum atomic E-state index is 5.41. The molecule has 0 saturated heterocycles. The largest absolute Gasteiger partial charge is 0.308 e. The molecule has 1 aromatic heterocycles. The van der Waals surface area contributed by atoms with Crippen molar-refractivity contribution in [1.29, 1.82) is 0 Å². The van der Waals surface area contributed by atoms with Crippen molar-refractivity contribution < 1.29 is 0 Å². The Morgan fingerprint density at radius 1 is 1.26 bits per heavy atom. The topological polar surface area (TPSA) is 63.8 Å². The van der Waals surface area contributed by atoms with E-state index in [-0.39, 0.29) is 0 Å². The fraction of sp³-hybridized carbons (Fsp3) is 0.231. The highest BCUT2D eigenvalue weighted by Crippen LogP contribution is 2.25. The first-order valence-corrected chi connectivity index (χ1v) is 8.00. The van der Waals surface area contributed by atoms with Gasteiger partial charge in [0, 0.05) is 11.8 Å². The molecule has 1 heterocycles. The zero-order valence-electron chi connectivity index (χ0n) is 10.9. The van der Waals surface area contributed by atoms with Crippen LogP contribution in [0.5, 0.6) is 0 Å². The molecule has 0 amide bonds. The molecule has 0 bridgehead atoms. The molecule has 0 atom stereocenters. The molecule has 19 heavy (non-hydrogen) atoms. The Labute approximate surface area is 121 Å². The Bertz CT molecular complexity index is 538. The van der Waals surface area contributed by atoms with E-state index in [0.717, 1.165) is 15.9 Å². The summed E-state index contributed by atoms with van der Waals surface area (Å²) in [6.45, 7) is 2.10. The summed E-state index contributed by atoms with van der Waals surface area (Å²) in [6, 6.07) is 10.3. The first-order valence-electron chi connectivity index (χ1n) is 5.79. The van der Waals surface area contributed by atoms with Gasteiger partial charge >= 0.3 is 0 Å². The van der Waals surface area contributed by atoms with Crippen molar-refractivity contribution in [2.75, 3.05) is 11.7 Å². The van der Waals surface area contributed by atoms with E-state index in [2.05, 4.69) is 46.6 Å². The van der Waals surface area contributed by atoms with Gasteiger partial charge in [-0.25, -0.2) is 15.8 Å². The van der Waals surface area contributed by atoms with Crippen LogP contribution in [0.2, 0.25) is 0 Å². The standard InChI is InChI=1S/C13H16N4S2/c1-9-4-3-5-10(6-9)8-19-12-7-11(17-14)15-13(16-12)18-2/h3-7H,8,14H2,1-2H3,(H,15,16,17). The van der Waals surface area contributed by atoms with Gasteiger partial charge < -0.3 is 5.43 Å². The Kier molecular flexibility index (Phi) is 5.07. The first-order chi connectivity index (χ1) is 9.21. The van der Waals surface area contributed by atoms with E-state index in [4.69, 9.17) is 5.84 Å². The first kappa shape index (κ1) is 14.2. The van der Waals surface area contributed by atoms with E-state index in [9.17, 15) is 0 Å². The average Bonchev–Trinajstić information content (AvgIpc) is 2.44. The van der Waals surface area contributed by atoms with Crippen LogP contribution in [0.3, 0.4) is 0 Å². The molecule has 0 saturated carbocycles. The van der Waals surface area contributed by atoms with Gasteiger partial charge in [-0.1, -0.05) is 41.6 Å². The van der Waals surface area contributed by atoms with Crippen molar-refractivity contribution in [2.24, 2.45) is 5.84 Å². The van der Waals surface area contributed by atoms with Crippen molar-refractivity contribution >= 4 is 29.3 Å². The summed E-state index contributed by atoms with van der Waals surface area (Å²) in [5, 5.41) is 1.65. The Morgan fingerprint density at radius 2 is 2.11 bits per heavy atom. The van der Waals surface area contributed by atoms with E-state index in [1.54, 1.807) is 11.8 Å². The summed E-state index contributed by atoms with van der Waals surface area (Å²) < 4.78 is 0. The van der Waals surface area contributed by atoms with Crippen molar-refractivity contribution in [3.63, 3.8) is 0 Å². The van der Waals surface area contributed by atoms with Crippen LogP contribution in [-0.2, 0) is 5.75 Å². The fourth-order valence-electron chi connectivity index (χ4n) is 1.60. The monoisotopic (exact) mass is 292 g/mol. The second-order valence-electron chi connectivity index (χ2n) is 4.00. The maximum absolute atomic E-state index is 5.41. The van der Waals surface area contributed by atoms with E-state index in [0.29, 0.717) is 5.82 Å². The smallest absolute Gasteiger partial charge is 0.190 e. The number of rotatable bonds is 5. The van der Waals surface area contributed by atoms with E-state index in [1.165, 1.54) is 22.9 Å². The van der Waals surface area contributed by atoms with Gasteiger partial charge in [-0.05, 0) is 18.7 Å². The third kappa shape index (κ3) is 4.12. The van der Waals surface area contributed by atoms with Crippen LogP contribution >= 0.6 is 23.5 Å². The number of benzene rings is 1. The number of thioether (sulfide) groups is 2. The number of nitrogens with two attached hydrogens (primary N) is 1. The quantitative estimate of drug-likeness (QED) is 0.290. The van der Waals surface area contributed by atoms with Gasteiger partial charge in [0.05, 0.1) is 0 Å². The lowest BCUT2D eigenvalue weighted by Gasteiger charge is -2.06. The molecule has 3 N–H and O–H groups in total. The van der Waals surface area contributed by atoms with Gasteiger partial charge in [-0.2, -0.15) is 0 Å². The molecule has 0 fully saturated rings. The van der Waals surface area contributed by atoms with Crippen LogP contribution < -0.4 is 11.3 Å². The number of nitrogens with one attached hydrogen (secondary N) is 1. The van der Waals surface area contributed by atoms with Gasteiger partial charge in [-0.15, -0.1) is 11.8 Å². The summed E-state index contributed by atoms with van der Waals surface area (Å²) in [5.74, 6) is 6.94. The summed E-state index contributed by atoms with van der Waals surface area (Å²) in [7, 11) is 0. The number of nitrogen functional groups attached to an aromatic ring is 1. The highest BCUT2D eigenvalue weighted by Gasteiger charge is 2.04. The number of aryl methyl sites for hydroxylation is 1. The molecule has 100 valence electrons. The zero-order chi connectivity index (χ0) is 13.7. The summed E-state index contributed by atoms with van der Waals surface area (Å²) in [4.78, 5) is 8.70. The van der Waals surface area contributed by atoms with Gasteiger partial charge in [-0.3, -0.25) is 0 Å². The zero-order valence-corrected chi connectivity index (χ0v) is 12.5. The van der Waals surface area contributed by atoms with Crippen LogP contribution in [0.25, 0.3) is 0 Å². The normalized spacial score (nSPS) is 10.5. The van der Waals surface area contributed by atoms with Crippen LogP contribution in [0.1, 0.15) is 11.1 Å². The lowest BCUT2D eigenvalue weighted by Crippen LogP contribution is -2.09. The minimum absolute atomic E-state index is 0.645. The molecular formula is C13H16N4S2. The highest BCUT2D eigenvalue weighted by atomic mass is 32.2. The van der Waals surface area contributed by atoms with Crippen molar-refractivity contribution in [1.82, 2.24) is 9.97 Å². The highest BCUT2D eigenvalue weighted by molar-refractivity contribution is 7.99. The number of hydrogen-bond donors (Lipinski definition) is 2. The number of aromatic nitrogens is 2. The lowest BCUT2D eigenvalue weighted by molar-refractivity contribution is 0.893. The predicted octanol–water partition coefficient (Wildman–Crippen LogP) is 3.08. The molecule has 0 aliphatic heterocycles. The van der Waals surface area contributed by atoms with Gasteiger partial charge in [0.25, 0.3) is 0 Å². The Balaban J connectivity index is 2.10. The second-order valence-corrected chi connectivity index (χ2v) is 5.77. The summed E-state index contributed by atoms with van der Waals surface area (Å²) in [5.41, 5.74) is 5.13. The fourth-order valence-corrected chi connectivity index (χ4v) is 2.88. The predicted molar refractivity (Wildman–Crippen MR) is 82.4 cm³/mol. The van der Waals surface area contributed by atoms with E-state index >= 15 is 0 Å². The minimum Gasteiger partial charge on any atom is -0.308 e. The number of hydrogen-bond acceptors (Lipinski definition) is 6. The molecule has 0 spiro atoms. The number of anilines is 1.